The number of sulfonamides is 1. The number of rotatable bonds is 9. The third-order valence-electron chi connectivity index (χ3n) is 4.69. The molecular formula is C20H23FN4O6S. The lowest BCUT2D eigenvalue weighted by atomic mass is 10.1. The number of nitrogens with zero attached hydrogens (tertiary/aromatic N) is 3. The number of carbonyl (C=O) groups excluding carboxylic acids is 2. The van der Waals surface area contributed by atoms with Crippen LogP contribution in [0.4, 0.5) is 15.8 Å². The molecule has 0 spiro atoms. The summed E-state index contributed by atoms with van der Waals surface area (Å²) in [4.78, 5) is 36.9. The highest BCUT2D eigenvalue weighted by atomic mass is 32.2. The molecule has 2 aromatic rings. The topological polar surface area (TPSA) is 130 Å². The third-order valence-corrected chi connectivity index (χ3v) is 5.83. The van der Waals surface area contributed by atoms with Gasteiger partial charge in [0.1, 0.15) is 18.4 Å². The van der Waals surface area contributed by atoms with Crippen molar-refractivity contribution in [2.24, 2.45) is 0 Å². The Balaban J connectivity index is 2.41. The molecule has 0 aliphatic rings. The van der Waals surface area contributed by atoms with Crippen LogP contribution in [0.1, 0.15) is 12.5 Å². The van der Waals surface area contributed by atoms with E-state index >= 15 is 0 Å². The summed E-state index contributed by atoms with van der Waals surface area (Å²) in [6, 6.07) is 9.20. The minimum atomic E-state index is -4.01. The highest BCUT2D eigenvalue weighted by Gasteiger charge is 2.30. The van der Waals surface area contributed by atoms with E-state index in [1.807, 2.05) is 0 Å². The molecule has 12 heteroatoms. The predicted octanol–water partition coefficient (Wildman–Crippen LogP) is 1.66. The Morgan fingerprint density at radius 2 is 1.81 bits per heavy atom. The number of carbonyl (C=O) groups is 2. The fourth-order valence-electron chi connectivity index (χ4n) is 2.95. The first-order valence-electron chi connectivity index (χ1n) is 9.41. The van der Waals surface area contributed by atoms with Gasteiger partial charge in [-0.25, -0.2) is 12.8 Å². The largest absolute Gasteiger partial charge is 0.357 e. The first-order chi connectivity index (χ1) is 14.9. The van der Waals surface area contributed by atoms with Gasteiger partial charge in [0.2, 0.25) is 21.8 Å². The van der Waals surface area contributed by atoms with E-state index in [4.69, 9.17) is 0 Å². The number of nitrogens with one attached hydrogen (secondary N) is 1. The highest BCUT2D eigenvalue weighted by Crippen LogP contribution is 2.23. The standard InChI is InChI=1S/C20H23FN4O6S/c1-14(20(27)22-2)23(12-15-7-9-16(21)10-8-15)19(26)13-24(32(3,30)31)17-5-4-6-18(11-17)25(28)29/h4-11,14H,12-13H2,1-3H3,(H,22,27)/t14-/m0/s1. The molecule has 0 aliphatic carbocycles. The summed E-state index contributed by atoms with van der Waals surface area (Å²) in [6.45, 7) is 0.696. The molecule has 172 valence electrons. The average molecular weight is 466 g/mol. The molecule has 10 nitrogen and oxygen atoms in total. The van der Waals surface area contributed by atoms with Gasteiger partial charge < -0.3 is 10.2 Å². The van der Waals surface area contributed by atoms with Gasteiger partial charge >= 0.3 is 0 Å². The van der Waals surface area contributed by atoms with E-state index in [2.05, 4.69) is 5.32 Å². The Kier molecular flexibility index (Phi) is 7.87. The monoisotopic (exact) mass is 466 g/mol. The Morgan fingerprint density at radius 3 is 2.34 bits per heavy atom. The Morgan fingerprint density at radius 1 is 1.19 bits per heavy atom. The maximum Gasteiger partial charge on any atom is 0.271 e. The number of amides is 2. The van der Waals surface area contributed by atoms with Crippen LogP contribution in [0, 0.1) is 15.9 Å². The van der Waals surface area contributed by atoms with Gasteiger partial charge in [0.05, 0.1) is 16.9 Å². The molecule has 0 aliphatic heterocycles. The van der Waals surface area contributed by atoms with Crippen molar-refractivity contribution >= 4 is 33.2 Å². The van der Waals surface area contributed by atoms with Crippen molar-refractivity contribution in [2.75, 3.05) is 24.2 Å². The van der Waals surface area contributed by atoms with Gasteiger partial charge in [0.15, 0.2) is 0 Å². The quantitative estimate of drug-likeness (QED) is 0.442. The first-order valence-corrected chi connectivity index (χ1v) is 11.3. The maximum atomic E-state index is 13.2. The molecule has 2 aromatic carbocycles. The van der Waals surface area contributed by atoms with Crippen LogP contribution in [0.2, 0.25) is 0 Å². The zero-order valence-corrected chi connectivity index (χ0v) is 18.5. The number of halogens is 1. The number of non-ortho nitro benzene ring substituents is 1. The van der Waals surface area contributed by atoms with Gasteiger partial charge in [-0.15, -0.1) is 0 Å². The third kappa shape index (κ3) is 6.23. The summed E-state index contributed by atoms with van der Waals surface area (Å²) >= 11 is 0. The molecule has 32 heavy (non-hydrogen) atoms. The predicted molar refractivity (Wildman–Crippen MR) is 116 cm³/mol. The fraction of sp³-hybridized carbons (Fsp3) is 0.300. The van der Waals surface area contributed by atoms with Crippen LogP contribution < -0.4 is 9.62 Å². The maximum absolute atomic E-state index is 13.2. The van der Waals surface area contributed by atoms with Gasteiger partial charge in [-0.1, -0.05) is 18.2 Å². The summed E-state index contributed by atoms with van der Waals surface area (Å²) < 4.78 is 38.8. The number of likely N-dealkylation sites (N-methyl/N-ethyl adjacent to an activating group) is 1. The first kappa shape index (κ1) is 24.7. The Bertz CT molecular complexity index is 1110. The van der Waals surface area contributed by atoms with Crippen molar-refractivity contribution in [1.82, 2.24) is 10.2 Å². The fourth-order valence-corrected chi connectivity index (χ4v) is 3.79. The molecule has 1 N–H and O–H groups in total. The summed E-state index contributed by atoms with van der Waals surface area (Å²) in [7, 11) is -2.61. The molecule has 2 amide bonds. The molecule has 1 atom stereocenters. The van der Waals surface area contributed by atoms with E-state index in [9.17, 15) is 32.5 Å². The Labute approximate surface area is 184 Å². The molecule has 0 unspecified atom stereocenters. The van der Waals surface area contributed by atoms with Crippen LogP contribution in [0.25, 0.3) is 0 Å². The lowest BCUT2D eigenvalue weighted by Gasteiger charge is -2.31. The molecule has 0 heterocycles. The van der Waals surface area contributed by atoms with E-state index in [-0.39, 0.29) is 17.9 Å². The van der Waals surface area contributed by atoms with Gasteiger partial charge in [0, 0.05) is 25.7 Å². The number of anilines is 1. The van der Waals surface area contributed by atoms with Crippen molar-refractivity contribution in [1.29, 1.82) is 0 Å². The molecule has 0 radical (unpaired) electrons. The molecule has 0 saturated carbocycles. The second kappa shape index (κ2) is 10.2. The second-order valence-electron chi connectivity index (χ2n) is 6.98. The van der Waals surface area contributed by atoms with Gasteiger partial charge in [-0.2, -0.15) is 0 Å². The van der Waals surface area contributed by atoms with Crippen molar-refractivity contribution in [3.8, 4) is 0 Å². The summed E-state index contributed by atoms with van der Waals surface area (Å²) in [6.07, 6.45) is 0.867. The number of nitro benzene ring substituents is 1. The summed E-state index contributed by atoms with van der Waals surface area (Å²) in [5.41, 5.74) is 0.117. The molecule has 2 rings (SSSR count). The van der Waals surface area contributed by atoms with Crippen LogP contribution in [-0.2, 0) is 26.2 Å². The normalized spacial score (nSPS) is 12.0. The zero-order chi connectivity index (χ0) is 24.1. The van der Waals surface area contributed by atoms with Crippen molar-refractivity contribution < 1.29 is 27.3 Å². The van der Waals surface area contributed by atoms with Gasteiger partial charge in [0.25, 0.3) is 5.69 Å². The van der Waals surface area contributed by atoms with Crippen LogP contribution >= 0.6 is 0 Å². The average Bonchev–Trinajstić information content (AvgIpc) is 2.75. The second-order valence-corrected chi connectivity index (χ2v) is 8.89. The van der Waals surface area contributed by atoms with E-state index in [0.29, 0.717) is 5.56 Å². The number of benzene rings is 2. The van der Waals surface area contributed by atoms with Gasteiger partial charge in [-0.3, -0.25) is 24.0 Å². The number of hydrogen-bond donors (Lipinski definition) is 1. The molecule has 0 aromatic heterocycles. The molecule has 0 bridgehead atoms. The SMILES string of the molecule is CNC(=O)[C@H](C)N(Cc1ccc(F)cc1)C(=O)CN(c1cccc([N+](=O)[O-])c1)S(C)(=O)=O. The minimum Gasteiger partial charge on any atom is -0.357 e. The number of hydrogen-bond acceptors (Lipinski definition) is 6. The van der Waals surface area contributed by atoms with Crippen LogP contribution in [0.15, 0.2) is 48.5 Å². The lowest BCUT2D eigenvalue weighted by molar-refractivity contribution is -0.384. The summed E-state index contributed by atoms with van der Waals surface area (Å²) in [5, 5.41) is 13.5. The molecule has 0 saturated heterocycles. The minimum absolute atomic E-state index is 0.0654. The van der Waals surface area contributed by atoms with Gasteiger partial charge in [-0.05, 0) is 30.7 Å². The zero-order valence-electron chi connectivity index (χ0n) is 17.7. The van der Waals surface area contributed by atoms with Crippen LogP contribution in [0.3, 0.4) is 0 Å². The summed E-state index contributed by atoms with van der Waals surface area (Å²) in [5.74, 6) is -1.68. The molecule has 0 fully saturated rings. The van der Waals surface area contributed by atoms with E-state index in [1.165, 1.54) is 56.4 Å². The lowest BCUT2D eigenvalue weighted by Crippen LogP contribution is -2.50. The van der Waals surface area contributed by atoms with Crippen LogP contribution in [-0.4, -0.2) is 55.9 Å². The van der Waals surface area contributed by atoms with Crippen molar-refractivity contribution in [2.45, 2.75) is 19.5 Å². The van der Waals surface area contributed by atoms with Crippen molar-refractivity contribution in [3.05, 3.63) is 70.0 Å². The Hall–Kier alpha value is -3.54. The molecular weight excluding hydrogens is 443 g/mol. The van der Waals surface area contributed by atoms with Crippen LogP contribution in [0.5, 0.6) is 0 Å². The smallest absolute Gasteiger partial charge is 0.271 e. The van der Waals surface area contributed by atoms with E-state index in [1.54, 1.807) is 0 Å². The van der Waals surface area contributed by atoms with Crippen molar-refractivity contribution in [3.63, 3.8) is 0 Å². The van der Waals surface area contributed by atoms with E-state index < -0.39 is 45.2 Å². The van der Waals surface area contributed by atoms with E-state index in [0.717, 1.165) is 21.5 Å². The number of nitro groups is 1. The highest BCUT2D eigenvalue weighted by molar-refractivity contribution is 7.92.